The first-order valence-corrected chi connectivity index (χ1v) is 5.04. The van der Waals surface area contributed by atoms with Gasteiger partial charge in [0.05, 0.1) is 6.33 Å². The zero-order valence-corrected chi connectivity index (χ0v) is 9.11. The lowest BCUT2D eigenvalue weighted by molar-refractivity contribution is 0.797. The topological polar surface area (TPSA) is 43.8 Å². The van der Waals surface area contributed by atoms with Gasteiger partial charge in [0.2, 0.25) is 0 Å². The Morgan fingerprint density at radius 1 is 1.36 bits per heavy atom. The van der Waals surface area contributed by atoms with Crippen LogP contribution in [-0.2, 0) is 6.54 Å². The number of aromatic nitrogens is 2. The molecule has 0 aliphatic heterocycles. The Hall–Kier alpha value is -1.29. The molecule has 0 atom stereocenters. The monoisotopic (exact) mass is 251 g/mol. The van der Waals surface area contributed by atoms with Gasteiger partial charge in [-0.2, -0.15) is 0 Å². The number of nitrogen functional groups attached to an aromatic ring is 1. The third-order valence-electron chi connectivity index (χ3n) is 1.90. The third kappa shape index (κ3) is 2.14. The van der Waals surface area contributed by atoms with Crippen LogP contribution >= 0.6 is 15.9 Å². The predicted molar refractivity (Wildman–Crippen MR) is 59.9 cm³/mol. The van der Waals surface area contributed by atoms with Crippen molar-refractivity contribution in [3.63, 3.8) is 0 Å². The number of imidazole rings is 1. The van der Waals surface area contributed by atoms with Crippen LogP contribution in [0.15, 0.2) is 41.4 Å². The zero-order valence-electron chi connectivity index (χ0n) is 7.52. The van der Waals surface area contributed by atoms with Gasteiger partial charge in [0, 0.05) is 29.1 Å². The molecule has 3 nitrogen and oxygen atoms in total. The van der Waals surface area contributed by atoms with Gasteiger partial charge in [0.15, 0.2) is 0 Å². The molecular formula is C10H10BrN3. The Kier molecular flexibility index (Phi) is 2.54. The van der Waals surface area contributed by atoms with Crippen LogP contribution in [0, 0.1) is 0 Å². The second-order valence-electron chi connectivity index (χ2n) is 3.13. The molecule has 72 valence electrons. The molecule has 0 unspecified atom stereocenters. The van der Waals surface area contributed by atoms with Crippen molar-refractivity contribution in [2.75, 3.05) is 5.73 Å². The first-order valence-electron chi connectivity index (χ1n) is 4.25. The third-order valence-corrected chi connectivity index (χ3v) is 2.36. The number of rotatable bonds is 2. The summed E-state index contributed by atoms with van der Waals surface area (Å²) in [6, 6.07) is 5.90. The summed E-state index contributed by atoms with van der Waals surface area (Å²) in [7, 11) is 0. The summed E-state index contributed by atoms with van der Waals surface area (Å²) >= 11 is 3.41. The number of hydrogen-bond acceptors (Lipinski definition) is 2. The number of nitrogens with zero attached hydrogens (tertiary/aromatic N) is 2. The fourth-order valence-electron chi connectivity index (χ4n) is 1.36. The van der Waals surface area contributed by atoms with Crippen molar-refractivity contribution in [3.8, 4) is 0 Å². The van der Waals surface area contributed by atoms with Crippen LogP contribution in [0.5, 0.6) is 0 Å². The SMILES string of the molecule is Nc1cc(Br)cc(Cn2ccnc2)c1. The molecule has 2 aromatic rings. The summed E-state index contributed by atoms with van der Waals surface area (Å²) in [6.07, 6.45) is 5.48. The van der Waals surface area contributed by atoms with Crippen LogP contribution in [0.4, 0.5) is 5.69 Å². The van der Waals surface area contributed by atoms with Gasteiger partial charge in [-0.1, -0.05) is 15.9 Å². The van der Waals surface area contributed by atoms with E-state index in [1.54, 1.807) is 12.5 Å². The maximum absolute atomic E-state index is 5.73. The van der Waals surface area contributed by atoms with Gasteiger partial charge in [-0.15, -0.1) is 0 Å². The highest BCUT2D eigenvalue weighted by molar-refractivity contribution is 9.10. The average Bonchev–Trinajstić information content (AvgIpc) is 2.54. The van der Waals surface area contributed by atoms with Gasteiger partial charge in [-0.3, -0.25) is 0 Å². The van der Waals surface area contributed by atoms with E-state index in [1.165, 1.54) is 0 Å². The molecule has 0 aliphatic rings. The molecule has 0 spiro atoms. The van der Waals surface area contributed by atoms with E-state index in [0.717, 1.165) is 22.3 Å². The van der Waals surface area contributed by atoms with Crippen molar-refractivity contribution in [2.45, 2.75) is 6.54 Å². The Balaban J connectivity index is 2.25. The molecule has 2 rings (SSSR count). The quantitative estimate of drug-likeness (QED) is 0.833. The lowest BCUT2D eigenvalue weighted by Gasteiger charge is -2.04. The standard InChI is InChI=1S/C10H10BrN3/c11-9-3-8(4-10(12)5-9)6-14-2-1-13-7-14/h1-5,7H,6,12H2. The molecule has 0 fully saturated rings. The number of anilines is 1. The summed E-state index contributed by atoms with van der Waals surface area (Å²) < 4.78 is 3.01. The number of benzene rings is 1. The lowest BCUT2D eigenvalue weighted by Crippen LogP contribution is -1.97. The molecule has 0 radical (unpaired) electrons. The van der Waals surface area contributed by atoms with Crippen LogP contribution < -0.4 is 5.73 Å². The van der Waals surface area contributed by atoms with E-state index in [9.17, 15) is 0 Å². The Morgan fingerprint density at radius 3 is 2.86 bits per heavy atom. The molecule has 2 N–H and O–H groups in total. The molecule has 1 aromatic carbocycles. The highest BCUT2D eigenvalue weighted by atomic mass is 79.9. The maximum Gasteiger partial charge on any atom is 0.0949 e. The minimum atomic E-state index is 0.773. The van der Waals surface area contributed by atoms with E-state index < -0.39 is 0 Å². The van der Waals surface area contributed by atoms with Crippen molar-refractivity contribution in [1.29, 1.82) is 0 Å². The van der Waals surface area contributed by atoms with E-state index in [4.69, 9.17) is 5.73 Å². The van der Waals surface area contributed by atoms with Crippen LogP contribution in [0.25, 0.3) is 0 Å². The predicted octanol–water partition coefficient (Wildman–Crippen LogP) is 2.28. The molecule has 0 saturated carbocycles. The molecule has 1 aromatic heterocycles. The molecular weight excluding hydrogens is 242 g/mol. The van der Waals surface area contributed by atoms with Crippen molar-refractivity contribution in [2.24, 2.45) is 0 Å². The maximum atomic E-state index is 5.73. The Labute approximate surface area is 90.7 Å². The van der Waals surface area contributed by atoms with Gasteiger partial charge in [0.1, 0.15) is 0 Å². The fraction of sp³-hybridized carbons (Fsp3) is 0.100. The van der Waals surface area contributed by atoms with Gasteiger partial charge < -0.3 is 10.3 Å². The second-order valence-corrected chi connectivity index (χ2v) is 4.04. The molecule has 1 heterocycles. The minimum Gasteiger partial charge on any atom is -0.399 e. The van der Waals surface area contributed by atoms with Crippen molar-refractivity contribution in [1.82, 2.24) is 9.55 Å². The largest absolute Gasteiger partial charge is 0.399 e. The van der Waals surface area contributed by atoms with E-state index in [1.807, 2.05) is 22.9 Å². The van der Waals surface area contributed by atoms with Gasteiger partial charge in [-0.25, -0.2) is 4.98 Å². The molecule has 0 bridgehead atoms. The zero-order chi connectivity index (χ0) is 9.97. The van der Waals surface area contributed by atoms with Crippen molar-refractivity contribution < 1.29 is 0 Å². The van der Waals surface area contributed by atoms with Crippen molar-refractivity contribution in [3.05, 3.63) is 47.0 Å². The molecule has 0 amide bonds. The van der Waals surface area contributed by atoms with E-state index in [-0.39, 0.29) is 0 Å². The normalized spacial score (nSPS) is 10.4. The van der Waals surface area contributed by atoms with Gasteiger partial charge in [-0.05, 0) is 23.8 Å². The van der Waals surface area contributed by atoms with Crippen LogP contribution in [-0.4, -0.2) is 9.55 Å². The minimum absolute atomic E-state index is 0.773. The van der Waals surface area contributed by atoms with Gasteiger partial charge >= 0.3 is 0 Å². The van der Waals surface area contributed by atoms with Crippen LogP contribution in [0.1, 0.15) is 5.56 Å². The highest BCUT2D eigenvalue weighted by Crippen LogP contribution is 2.17. The summed E-state index contributed by atoms with van der Waals surface area (Å²) in [5.74, 6) is 0. The first-order chi connectivity index (χ1) is 6.74. The Bertz CT molecular complexity index is 403. The lowest BCUT2D eigenvalue weighted by atomic mass is 10.2. The van der Waals surface area contributed by atoms with Crippen LogP contribution in [0.3, 0.4) is 0 Å². The van der Waals surface area contributed by atoms with E-state index in [0.29, 0.717) is 0 Å². The second kappa shape index (κ2) is 3.84. The molecule has 0 saturated heterocycles. The molecule has 0 aliphatic carbocycles. The summed E-state index contributed by atoms with van der Waals surface area (Å²) in [5.41, 5.74) is 7.67. The average molecular weight is 252 g/mol. The smallest absolute Gasteiger partial charge is 0.0949 e. The number of hydrogen-bond donors (Lipinski definition) is 1. The first kappa shape index (κ1) is 9.27. The summed E-state index contributed by atoms with van der Waals surface area (Å²) in [6.45, 7) is 0.795. The summed E-state index contributed by atoms with van der Waals surface area (Å²) in [5, 5.41) is 0. The molecule has 14 heavy (non-hydrogen) atoms. The Morgan fingerprint density at radius 2 is 2.21 bits per heavy atom. The highest BCUT2D eigenvalue weighted by Gasteiger charge is 1.97. The fourth-order valence-corrected chi connectivity index (χ4v) is 1.92. The van der Waals surface area contributed by atoms with E-state index in [2.05, 4.69) is 27.0 Å². The summed E-state index contributed by atoms with van der Waals surface area (Å²) in [4.78, 5) is 3.98. The molecule has 4 heteroatoms. The number of nitrogens with two attached hydrogens (primary N) is 1. The van der Waals surface area contributed by atoms with Crippen LogP contribution in [0.2, 0.25) is 0 Å². The number of halogens is 1. The van der Waals surface area contributed by atoms with Crippen molar-refractivity contribution >= 4 is 21.6 Å². The van der Waals surface area contributed by atoms with E-state index >= 15 is 0 Å². The van der Waals surface area contributed by atoms with Gasteiger partial charge in [0.25, 0.3) is 0 Å².